The Bertz CT molecular complexity index is 784. The minimum Gasteiger partial charge on any atom is -0.497 e. The molecule has 0 aliphatic carbocycles. The summed E-state index contributed by atoms with van der Waals surface area (Å²) in [6.45, 7) is 0. The lowest BCUT2D eigenvalue weighted by atomic mass is 10.1. The zero-order valence-corrected chi connectivity index (χ0v) is 14.2. The van der Waals surface area contributed by atoms with Crippen LogP contribution in [0.3, 0.4) is 0 Å². The lowest BCUT2D eigenvalue weighted by Crippen LogP contribution is -2.13. The molecule has 0 unspecified atom stereocenters. The molecule has 0 atom stereocenters. The van der Waals surface area contributed by atoms with Gasteiger partial charge < -0.3 is 10.1 Å². The highest BCUT2D eigenvalue weighted by Crippen LogP contribution is 2.15. The molecule has 0 radical (unpaired) electrons. The number of benzene rings is 2. The van der Waals surface area contributed by atoms with Crippen LogP contribution in [-0.2, 0) is 21.2 Å². The van der Waals surface area contributed by atoms with E-state index in [0.29, 0.717) is 18.5 Å². The summed E-state index contributed by atoms with van der Waals surface area (Å²) >= 11 is 0. The Morgan fingerprint density at radius 3 is 2.25 bits per heavy atom. The van der Waals surface area contributed by atoms with Gasteiger partial charge in [-0.25, -0.2) is 13.6 Å². The lowest BCUT2D eigenvalue weighted by molar-refractivity contribution is -0.116. The van der Waals surface area contributed by atoms with Crippen molar-refractivity contribution in [2.45, 2.75) is 24.2 Å². The normalized spacial score (nSPS) is 11.1. The number of carbonyl (C=O) groups is 1. The third kappa shape index (κ3) is 5.36. The number of rotatable bonds is 7. The van der Waals surface area contributed by atoms with Crippen LogP contribution in [0, 0.1) is 0 Å². The van der Waals surface area contributed by atoms with E-state index >= 15 is 0 Å². The second-order valence-corrected chi connectivity index (χ2v) is 6.88. The number of methoxy groups -OCH3 is 1. The van der Waals surface area contributed by atoms with Gasteiger partial charge in [0.2, 0.25) is 15.9 Å². The fourth-order valence-electron chi connectivity index (χ4n) is 2.20. The summed E-state index contributed by atoms with van der Waals surface area (Å²) in [6.07, 6.45) is 1.89. The van der Waals surface area contributed by atoms with E-state index in [-0.39, 0.29) is 10.8 Å². The third-order valence-electron chi connectivity index (χ3n) is 3.49. The zero-order chi connectivity index (χ0) is 17.6. The molecule has 0 saturated carbocycles. The van der Waals surface area contributed by atoms with Crippen LogP contribution < -0.4 is 15.2 Å². The molecule has 0 spiro atoms. The summed E-state index contributed by atoms with van der Waals surface area (Å²) < 4.78 is 27.4. The summed E-state index contributed by atoms with van der Waals surface area (Å²) in [5.41, 5.74) is 1.68. The van der Waals surface area contributed by atoms with Gasteiger partial charge in [-0.15, -0.1) is 0 Å². The molecule has 0 saturated heterocycles. The van der Waals surface area contributed by atoms with Crippen LogP contribution in [0.1, 0.15) is 18.4 Å². The van der Waals surface area contributed by atoms with Crippen molar-refractivity contribution in [2.24, 2.45) is 5.14 Å². The van der Waals surface area contributed by atoms with Gasteiger partial charge in [-0.2, -0.15) is 0 Å². The molecule has 0 aromatic heterocycles. The molecule has 2 aromatic rings. The van der Waals surface area contributed by atoms with E-state index in [1.807, 2.05) is 24.3 Å². The van der Waals surface area contributed by atoms with Crippen LogP contribution >= 0.6 is 0 Å². The molecule has 0 bridgehead atoms. The fourth-order valence-corrected chi connectivity index (χ4v) is 2.71. The van der Waals surface area contributed by atoms with Crippen LogP contribution in [0.4, 0.5) is 5.69 Å². The number of nitrogens with two attached hydrogens (primary N) is 1. The Labute approximate surface area is 141 Å². The molecule has 3 N–H and O–H groups in total. The van der Waals surface area contributed by atoms with Crippen LogP contribution in [0.15, 0.2) is 53.4 Å². The van der Waals surface area contributed by atoms with Gasteiger partial charge in [0.1, 0.15) is 5.75 Å². The minimum atomic E-state index is -3.72. The van der Waals surface area contributed by atoms with Crippen molar-refractivity contribution in [1.29, 1.82) is 0 Å². The number of ether oxygens (including phenoxy) is 1. The number of nitrogens with one attached hydrogen (secondary N) is 1. The molecular weight excluding hydrogens is 328 g/mol. The highest BCUT2D eigenvalue weighted by Gasteiger charge is 2.08. The van der Waals surface area contributed by atoms with Gasteiger partial charge in [-0.05, 0) is 54.8 Å². The molecule has 128 valence electrons. The lowest BCUT2D eigenvalue weighted by Gasteiger charge is -2.06. The Balaban J connectivity index is 1.80. The topological polar surface area (TPSA) is 98.5 Å². The molecular formula is C17H20N2O4S. The minimum absolute atomic E-state index is 0.0139. The van der Waals surface area contributed by atoms with Crippen molar-refractivity contribution >= 4 is 21.6 Å². The maximum atomic E-state index is 11.9. The average Bonchev–Trinajstić information content (AvgIpc) is 2.55. The van der Waals surface area contributed by atoms with E-state index in [1.54, 1.807) is 7.11 Å². The highest BCUT2D eigenvalue weighted by atomic mass is 32.2. The summed E-state index contributed by atoms with van der Waals surface area (Å²) in [4.78, 5) is 11.9. The first-order valence-corrected chi connectivity index (χ1v) is 8.99. The van der Waals surface area contributed by atoms with Crippen LogP contribution in [0.2, 0.25) is 0 Å². The van der Waals surface area contributed by atoms with Crippen LogP contribution in [-0.4, -0.2) is 21.4 Å². The van der Waals surface area contributed by atoms with Gasteiger partial charge in [0, 0.05) is 12.1 Å². The van der Waals surface area contributed by atoms with Crippen molar-refractivity contribution in [3.05, 3.63) is 54.1 Å². The molecule has 1 amide bonds. The van der Waals surface area contributed by atoms with E-state index in [0.717, 1.165) is 17.7 Å². The quantitative estimate of drug-likeness (QED) is 0.802. The maximum absolute atomic E-state index is 11.9. The monoisotopic (exact) mass is 348 g/mol. The number of carbonyl (C=O) groups excluding carboxylic acids is 1. The molecule has 2 aromatic carbocycles. The molecule has 24 heavy (non-hydrogen) atoms. The zero-order valence-electron chi connectivity index (χ0n) is 13.4. The number of hydrogen-bond acceptors (Lipinski definition) is 4. The summed E-state index contributed by atoms with van der Waals surface area (Å²) in [5.74, 6) is 0.686. The van der Waals surface area contributed by atoms with Crippen molar-refractivity contribution in [1.82, 2.24) is 0 Å². The molecule has 7 heteroatoms. The number of primary sulfonamides is 1. The average molecular weight is 348 g/mol. The summed E-state index contributed by atoms with van der Waals surface area (Å²) in [5, 5.41) is 7.75. The molecule has 0 aliphatic heterocycles. The number of amides is 1. The second-order valence-electron chi connectivity index (χ2n) is 5.32. The van der Waals surface area contributed by atoms with Crippen molar-refractivity contribution in [3.63, 3.8) is 0 Å². The van der Waals surface area contributed by atoms with Crippen molar-refractivity contribution in [2.75, 3.05) is 12.4 Å². The predicted molar refractivity (Wildman–Crippen MR) is 92.4 cm³/mol. The second kappa shape index (κ2) is 7.94. The van der Waals surface area contributed by atoms with Crippen LogP contribution in [0.25, 0.3) is 0 Å². The van der Waals surface area contributed by atoms with Crippen LogP contribution in [0.5, 0.6) is 5.75 Å². The van der Waals surface area contributed by atoms with E-state index in [9.17, 15) is 13.2 Å². The number of aryl methyl sites for hydroxylation is 1. The largest absolute Gasteiger partial charge is 0.497 e. The van der Waals surface area contributed by atoms with Gasteiger partial charge >= 0.3 is 0 Å². The third-order valence-corrected chi connectivity index (χ3v) is 4.42. The number of anilines is 1. The van der Waals surface area contributed by atoms with Gasteiger partial charge in [-0.3, -0.25) is 4.79 Å². The summed E-state index contributed by atoms with van der Waals surface area (Å²) in [6, 6.07) is 13.5. The van der Waals surface area contributed by atoms with Crippen molar-refractivity contribution in [3.8, 4) is 5.75 Å². The Kier molecular flexibility index (Phi) is 5.94. The first-order valence-electron chi connectivity index (χ1n) is 7.44. The molecule has 0 heterocycles. The molecule has 0 fully saturated rings. The van der Waals surface area contributed by atoms with E-state index < -0.39 is 10.0 Å². The molecule has 2 rings (SSSR count). The van der Waals surface area contributed by atoms with E-state index in [1.165, 1.54) is 24.3 Å². The fraction of sp³-hybridized carbons (Fsp3) is 0.235. The summed E-state index contributed by atoms with van der Waals surface area (Å²) in [7, 11) is -2.10. The smallest absolute Gasteiger partial charge is 0.238 e. The van der Waals surface area contributed by atoms with Gasteiger partial charge in [-0.1, -0.05) is 12.1 Å². The van der Waals surface area contributed by atoms with Gasteiger partial charge in [0.05, 0.1) is 12.0 Å². The number of hydrogen-bond donors (Lipinski definition) is 2. The Hall–Kier alpha value is -2.38. The maximum Gasteiger partial charge on any atom is 0.238 e. The van der Waals surface area contributed by atoms with E-state index in [2.05, 4.69) is 5.32 Å². The standard InChI is InChI=1S/C17H20N2O4S/c1-23-15-9-5-13(6-10-15)3-2-4-17(20)19-14-7-11-16(12-8-14)24(18,21)22/h5-12H,2-4H2,1H3,(H,19,20)(H2,18,21,22). The van der Waals surface area contributed by atoms with Gasteiger partial charge in [0.25, 0.3) is 0 Å². The first kappa shape index (κ1) is 18.0. The van der Waals surface area contributed by atoms with Crippen molar-refractivity contribution < 1.29 is 17.9 Å². The van der Waals surface area contributed by atoms with E-state index in [4.69, 9.17) is 9.88 Å². The predicted octanol–water partition coefficient (Wildman–Crippen LogP) is 2.30. The SMILES string of the molecule is COc1ccc(CCCC(=O)Nc2ccc(S(N)(=O)=O)cc2)cc1. The Morgan fingerprint density at radius 1 is 1.08 bits per heavy atom. The van der Waals surface area contributed by atoms with Gasteiger partial charge in [0.15, 0.2) is 0 Å². The highest BCUT2D eigenvalue weighted by molar-refractivity contribution is 7.89. The first-order chi connectivity index (χ1) is 11.4. The molecule has 0 aliphatic rings. The number of sulfonamides is 1. The Morgan fingerprint density at radius 2 is 1.71 bits per heavy atom. The molecule has 6 nitrogen and oxygen atoms in total.